The molecule has 1 unspecified atom stereocenters. The Labute approximate surface area is 95.9 Å². The number of allylic oxidation sites excluding steroid dienone is 1. The van der Waals surface area contributed by atoms with E-state index in [4.69, 9.17) is 5.11 Å². The molecule has 0 saturated heterocycles. The number of aliphatic hydroxyl groups is 1. The summed E-state index contributed by atoms with van der Waals surface area (Å²) in [6, 6.07) is -0.244. The van der Waals surface area contributed by atoms with E-state index >= 15 is 0 Å². The zero-order chi connectivity index (χ0) is 11.1. The average molecular weight is 230 g/mol. The highest BCUT2D eigenvalue weighted by Crippen LogP contribution is 2.18. The Hall–Kier alpha value is -0.680. The second-order valence-corrected chi connectivity index (χ2v) is 4.14. The first-order chi connectivity index (χ1) is 7.24. The molecule has 86 valence electrons. The Balaban J connectivity index is 2.27. The van der Waals surface area contributed by atoms with Gasteiger partial charge < -0.3 is 10.4 Å². The molecule has 0 heterocycles. The molecular weight excluding hydrogens is 212 g/mol. The summed E-state index contributed by atoms with van der Waals surface area (Å²) in [4.78, 5) is 11.4. The second-order valence-electron chi connectivity index (χ2n) is 3.66. The quantitative estimate of drug-likeness (QED) is 0.502. The summed E-state index contributed by atoms with van der Waals surface area (Å²) in [5.74, 6) is 0.413. The number of thiol groups is 1. The summed E-state index contributed by atoms with van der Waals surface area (Å²) in [7, 11) is 0. The molecule has 2 amide bonds. The van der Waals surface area contributed by atoms with E-state index in [2.05, 4.69) is 30.3 Å². The summed E-state index contributed by atoms with van der Waals surface area (Å²) < 4.78 is 1.37. The fraction of sp³-hybridized carbons (Fsp3) is 0.700. The number of rotatable bonds is 4. The molecule has 1 aliphatic rings. The van der Waals surface area contributed by atoms with E-state index in [0.29, 0.717) is 12.5 Å². The van der Waals surface area contributed by atoms with E-state index in [-0.39, 0.29) is 19.2 Å². The molecule has 0 spiro atoms. The fourth-order valence-corrected chi connectivity index (χ4v) is 1.87. The van der Waals surface area contributed by atoms with Gasteiger partial charge in [0.25, 0.3) is 0 Å². The predicted octanol–water partition coefficient (Wildman–Crippen LogP) is 1.19. The Morgan fingerprint density at radius 3 is 3.07 bits per heavy atom. The molecule has 2 N–H and O–H groups in total. The molecule has 15 heavy (non-hydrogen) atoms. The highest BCUT2D eigenvalue weighted by atomic mass is 32.1. The molecular formula is C10H18N2O2S. The van der Waals surface area contributed by atoms with Crippen molar-refractivity contribution in [3.63, 3.8) is 0 Å². The maximum Gasteiger partial charge on any atom is 0.327 e. The largest absolute Gasteiger partial charge is 0.395 e. The van der Waals surface area contributed by atoms with Crippen LogP contribution in [0.15, 0.2) is 12.2 Å². The number of aliphatic hydroxyl groups excluding tert-OH is 1. The van der Waals surface area contributed by atoms with Crippen LogP contribution in [0.25, 0.3) is 0 Å². The van der Waals surface area contributed by atoms with Gasteiger partial charge in [-0.2, -0.15) is 0 Å². The molecule has 5 heteroatoms. The zero-order valence-corrected chi connectivity index (χ0v) is 9.62. The van der Waals surface area contributed by atoms with Crippen LogP contribution in [0.5, 0.6) is 0 Å². The van der Waals surface area contributed by atoms with Crippen molar-refractivity contribution >= 4 is 18.8 Å². The lowest BCUT2D eigenvalue weighted by atomic mass is 9.96. The lowest BCUT2D eigenvalue weighted by Gasteiger charge is -2.22. The van der Waals surface area contributed by atoms with Gasteiger partial charge in [-0.15, -0.1) is 0 Å². The first-order valence-corrected chi connectivity index (χ1v) is 5.66. The van der Waals surface area contributed by atoms with E-state index < -0.39 is 0 Å². The van der Waals surface area contributed by atoms with Gasteiger partial charge in [-0.05, 0) is 25.2 Å². The van der Waals surface area contributed by atoms with Crippen LogP contribution in [0.4, 0.5) is 4.79 Å². The lowest BCUT2D eigenvalue weighted by Crippen LogP contribution is -2.38. The topological polar surface area (TPSA) is 52.6 Å². The third-order valence-corrected chi connectivity index (χ3v) is 2.73. The molecule has 1 atom stereocenters. The number of amides is 2. The van der Waals surface area contributed by atoms with Crippen molar-refractivity contribution < 1.29 is 9.90 Å². The molecule has 0 bridgehead atoms. The van der Waals surface area contributed by atoms with Gasteiger partial charge in [0.2, 0.25) is 0 Å². The Bertz CT molecular complexity index is 233. The third-order valence-electron chi connectivity index (χ3n) is 2.38. The molecule has 1 aliphatic carbocycles. The second kappa shape index (κ2) is 6.74. The van der Waals surface area contributed by atoms with Crippen LogP contribution in [0.2, 0.25) is 0 Å². The van der Waals surface area contributed by atoms with Crippen molar-refractivity contribution in [2.45, 2.75) is 19.3 Å². The SMILES string of the molecule is O=C(NCCO)N(S)CC1C=CCCC1. The first-order valence-electron chi connectivity index (χ1n) is 5.26. The van der Waals surface area contributed by atoms with Gasteiger partial charge in [-0.1, -0.05) is 25.0 Å². The molecule has 0 aromatic rings. The van der Waals surface area contributed by atoms with E-state index in [1.807, 2.05) is 0 Å². The van der Waals surface area contributed by atoms with Crippen LogP contribution < -0.4 is 5.32 Å². The number of hydrogen-bond acceptors (Lipinski definition) is 3. The van der Waals surface area contributed by atoms with Gasteiger partial charge >= 0.3 is 6.03 Å². The molecule has 0 aliphatic heterocycles. The van der Waals surface area contributed by atoms with Gasteiger partial charge in [-0.25, -0.2) is 4.79 Å². The molecule has 4 nitrogen and oxygen atoms in total. The van der Waals surface area contributed by atoms with Crippen molar-refractivity contribution in [2.24, 2.45) is 5.92 Å². The average Bonchev–Trinajstić information content (AvgIpc) is 2.27. The molecule has 0 saturated carbocycles. The summed E-state index contributed by atoms with van der Waals surface area (Å²) in [6.07, 6.45) is 7.73. The predicted molar refractivity (Wildman–Crippen MR) is 62.7 cm³/mol. The van der Waals surface area contributed by atoms with Crippen molar-refractivity contribution in [3.8, 4) is 0 Å². The van der Waals surface area contributed by atoms with Gasteiger partial charge in [0.05, 0.1) is 6.61 Å². The van der Waals surface area contributed by atoms with Crippen molar-refractivity contribution in [1.29, 1.82) is 0 Å². The zero-order valence-electron chi connectivity index (χ0n) is 8.72. The Morgan fingerprint density at radius 2 is 2.47 bits per heavy atom. The highest BCUT2D eigenvalue weighted by molar-refractivity contribution is 7.78. The van der Waals surface area contributed by atoms with Crippen LogP contribution in [0, 0.1) is 5.92 Å². The monoisotopic (exact) mass is 230 g/mol. The minimum atomic E-state index is -0.244. The van der Waals surface area contributed by atoms with Crippen LogP contribution >= 0.6 is 12.8 Å². The Morgan fingerprint density at radius 1 is 1.67 bits per heavy atom. The minimum Gasteiger partial charge on any atom is -0.395 e. The normalized spacial score (nSPS) is 20.0. The number of carbonyl (C=O) groups excluding carboxylic acids is 1. The number of carbonyl (C=O) groups is 1. The van der Waals surface area contributed by atoms with Gasteiger partial charge in [0.1, 0.15) is 0 Å². The van der Waals surface area contributed by atoms with Crippen LogP contribution in [-0.4, -0.2) is 35.1 Å². The highest BCUT2D eigenvalue weighted by Gasteiger charge is 2.15. The summed E-state index contributed by atoms with van der Waals surface area (Å²) in [5.41, 5.74) is 0. The van der Waals surface area contributed by atoms with Gasteiger partial charge in [0, 0.05) is 13.1 Å². The van der Waals surface area contributed by atoms with Crippen molar-refractivity contribution in [3.05, 3.63) is 12.2 Å². The molecule has 0 radical (unpaired) electrons. The molecule has 0 fully saturated rings. The smallest absolute Gasteiger partial charge is 0.327 e. The molecule has 1 rings (SSSR count). The maximum absolute atomic E-state index is 11.4. The molecule has 0 aromatic carbocycles. The lowest BCUT2D eigenvalue weighted by molar-refractivity contribution is 0.217. The van der Waals surface area contributed by atoms with E-state index in [1.165, 1.54) is 10.7 Å². The third kappa shape index (κ3) is 4.57. The van der Waals surface area contributed by atoms with Gasteiger partial charge in [-0.3, -0.25) is 4.31 Å². The van der Waals surface area contributed by atoms with Crippen LogP contribution in [0.3, 0.4) is 0 Å². The molecule has 0 aromatic heterocycles. The first kappa shape index (κ1) is 12.4. The standard InChI is InChI=1S/C10H18N2O2S/c13-7-6-11-10(14)12(15)8-9-4-2-1-3-5-9/h2,4,9,13,15H,1,3,5-8H2,(H,11,14). The minimum absolute atomic E-state index is 0.0450. The van der Waals surface area contributed by atoms with E-state index in [0.717, 1.165) is 12.8 Å². The maximum atomic E-state index is 11.4. The van der Waals surface area contributed by atoms with Crippen molar-refractivity contribution in [2.75, 3.05) is 19.7 Å². The number of nitrogens with zero attached hydrogens (tertiary/aromatic N) is 1. The van der Waals surface area contributed by atoms with Crippen LogP contribution in [0.1, 0.15) is 19.3 Å². The summed E-state index contributed by atoms with van der Waals surface area (Å²) >= 11 is 4.11. The van der Waals surface area contributed by atoms with E-state index in [1.54, 1.807) is 0 Å². The number of urea groups is 1. The van der Waals surface area contributed by atoms with Crippen molar-refractivity contribution in [1.82, 2.24) is 9.62 Å². The summed E-state index contributed by atoms with van der Waals surface area (Å²) in [6.45, 7) is 0.851. The fourth-order valence-electron chi connectivity index (χ4n) is 1.59. The Kier molecular flexibility index (Phi) is 5.57. The summed E-state index contributed by atoms with van der Waals surface area (Å²) in [5, 5.41) is 11.1. The van der Waals surface area contributed by atoms with E-state index in [9.17, 15) is 4.79 Å². The van der Waals surface area contributed by atoms with Gasteiger partial charge in [0.15, 0.2) is 0 Å². The van der Waals surface area contributed by atoms with Crippen LogP contribution in [-0.2, 0) is 0 Å². The number of hydrogen-bond donors (Lipinski definition) is 3. The number of nitrogens with one attached hydrogen (secondary N) is 1.